The number of carbonyl (C=O) groups excluding carboxylic acids is 2. The zero-order valence-electron chi connectivity index (χ0n) is 15.5. The third kappa shape index (κ3) is 3.08. The van der Waals surface area contributed by atoms with Crippen molar-refractivity contribution in [3.8, 4) is 0 Å². The molecule has 0 aliphatic carbocycles. The summed E-state index contributed by atoms with van der Waals surface area (Å²) in [5.74, 6) is -0.248. The molecule has 0 saturated carbocycles. The average Bonchev–Trinajstić information content (AvgIpc) is 2.69. The fourth-order valence-electron chi connectivity index (χ4n) is 3.87. The van der Waals surface area contributed by atoms with Crippen LogP contribution < -0.4 is 4.90 Å². The lowest BCUT2D eigenvalue weighted by Gasteiger charge is -2.52. The number of ether oxygens (including phenoxy) is 1. The summed E-state index contributed by atoms with van der Waals surface area (Å²) in [6.45, 7) is 4.80. The Hall–Kier alpha value is -2.80. The third-order valence-corrected chi connectivity index (χ3v) is 5.49. The fraction of sp³-hybridized carbons (Fsp3) is 0.400. The number of hydrogen-bond acceptors (Lipinski definition) is 5. The summed E-state index contributed by atoms with van der Waals surface area (Å²) in [4.78, 5) is 37.6. The van der Waals surface area contributed by atoms with E-state index in [-0.39, 0.29) is 24.5 Å². The summed E-state index contributed by atoms with van der Waals surface area (Å²) in [6.07, 6.45) is 3.75. The number of likely N-dealkylation sites (tertiary alicyclic amines) is 1. The number of amides is 2. The largest absolute Gasteiger partial charge is 0.363 e. The summed E-state index contributed by atoms with van der Waals surface area (Å²) < 4.78 is 5.93. The molecule has 0 bridgehead atoms. The third-order valence-electron chi connectivity index (χ3n) is 5.49. The van der Waals surface area contributed by atoms with Gasteiger partial charge in [0, 0.05) is 31.2 Å². The van der Waals surface area contributed by atoms with Gasteiger partial charge in [0.2, 0.25) is 0 Å². The van der Waals surface area contributed by atoms with E-state index in [0.29, 0.717) is 30.9 Å². The molecule has 3 heterocycles. The minimum absolute atomic E-state index is 0.0547. The van der Waals surface area contributed by atoms with E-state index in [1.54, 1.807) is 22.9 Å². The van der Waals surface area contributed by atoms with Crippen molar-refractivity contribution in [2.24, 2.45) is 0 Å². The predicted octanol–water partition coefficient (Wildman–Crippen LogP) is 1.82. The molecule has 2 amide bonds. The number of para-hydroxylation sites is 1. The number of aryl methyl sites for hydroxylation is 1. The number of hydrogen-bond donors (Lipinski definition) is 0. The molecule has 2 aromatic rings. The first-order valence-electron chi connectivity index (χ1n) is 9.07. The van der Waals surface area contributed by atoms with E-state index in [1.165, 1.54) is 6.20 Å². The number of benzene rings is 1. The van der Waals surface area contributed by atoms with Crippen molar-refractivity contribution >= 4 is 17.5 Å². The lowest BCUT2D eigenvalue weighted by Crippen LogP contribution is -2.68. The van der Waals surface area contributed by atoms with E-state index in [2.05, 4.69) is 9.97 Å². The van der Waals surface area contributed by atoms with Crippen molar-refractivity contribution in [2.75, 3.05) is 24.6 Å². The molecule has 2 atom stereocenters. The summed E-state index contributed by atoms with van der Waals surface area (Å²) in [5.41, 5.74) is 1.30. The number of piperidine rings is 1. The van der Waals surface area contributed by atoms with Gasteiger partial charge in [-0.15, -0.1) is 0 Å². The number of nitrogens with zero attached hydrogens (tertiary/aromatic N) is 4. The molecule has 1 aromatic carbocycles. The Bertz CT molecular complexity index is 873. The topological polar surface area (TPSA) is 75.6 Å². The molecule has 2 fully saturated rings. The minimum Gasteiger partial charge on any atom is -0.363 e. The van der Waals surface area contributed by atoms with Crippen LogP contribution in [-0.2, 0) is 9.53 Å². The molecule has 2 aliphatic rings. The molecule has 140 valence electrons. The van der Waals surface area contributed by atoms with E-state index in [0.717, 1.165) is 5.69 Å². The van der Waals surface area contributed by atoms with Gasteiger partial charge in [-0.3, -0.25) is 14.6 Å². The van der Waals surface area contributed by atoms with Gasteiger partial charge in [-0.25, -0.2) is 4.98 Å². The van der Waals surface area contributed by atoms with Crippen molar-refractivity contribution in [3.05, 3.63) is 54.1 Å². The molecular weight excluding hydrogens is 344 g/mol. The molecule has 1 aromatic heterocycles. The second-order valence-corrected chi connectivity index (χ2v) is 7.21. The lowest BCUT2D eigenvalue weighted by atomic mass is 9.85. The molecule has 27 heavy (non-hydrogen) atoms. The van der Waals surface area contributed by atoms with Crippen molar-refractivity contribution in [1.82, 2.24) is 14.9 Å². The van der Waals surface area contributed by atoms with Gasteiger partial charge in [0.15, 0.2) is 0 Å². The number of fused-ring (bicyclic) bond motifs is 1. The van der Waals surface area contributed by atoms with Crippen LogP contribution in [0, 0.1) is 6.92 Å². The first kappa shape index (κ1) is 17.6. The quantitative estimate of drug-likeness (QED) is 0.810. The predicted molar refractivity (Wildman–Crippen MR) is 99.4 cm³/mol. The summed E-state index contributed by atoms with van der Waals surface area (Å²) in [6, 6.07) is 9.31. The van der Waals surface area contributed by atoms with Gasteiger partial charge in [0.05, 0.1) is 17.3 Å². The molecule has 0 N–H and O–H groups in total. The van der Waals surface area contributed by atoms with Crippen LogP contribution in [-0.4, -0.2) is 58.0 Å². The Morgan fingerprint density at radius 1 is 1.22 bits per heavy atom. The zero-order valence-corrected chi connectivity index (χ0v) is 15.5. The maximum Gasteiger partial charge on any atom is 0.274 e. The highest BCUT2D eigenvalue weighted by atomic mass is 16.5. The van der Waals surface area contributed by atoms with Crippen LogP contribution in [0.25, 0.3) is 0 Å². The Morgan fingerprint density at radius 3 is 2.70 bits per heavy atom. The number of anilines is 1. The molecule has 0 radical (unpaired) electrons. The molecular formula is C20H22N4O3. The second-order valence-electron chi connectivity index (χ2n) is 7.21. The van der Waals surface area contributed by atoms with Gasteiger partial charge < -0.3 is 14.5 Å². The standard InChI is InChI=1S/C20H22N4O3/c1-14-18(22-10-9-21-14)19(26)23-11-8-20(2)16(12-23)24(17(25)13-27-20)15-6-4-3-5-7-15/h3-7,9-10,16H,8,11-13H2,1-2H3/t16-,20-/m1/s1. The van der Waals surface area contributed by atoms with Gasteiger partial charge in [-0.1, -0.05) is 18.2 Å². The lowest BCUT2D eigenvalue weighted by molar-refractivity contribution is -0.149. The van der Waals surface area contributed by atoms with Crippen LogP contribution in [0.5, 0.6) is 0 Å². The monoisotopic (exact) mass is 366 g/mol. The maximum atomic E-state index is 13.0. The highest BCUT2D eigenvalue weighted by molar-refractivity contribution is 5.97. The molecule has 0 unspecified atom stereocenters. The fourth-order valence-corrected chi connectivity index (χ4v) is 3.87. The highest BCUT2D eigenvalue weighted by Crippen LogP contribution is 2.36. The Morgan fingerprint density at radius 2 is 1.96 bits per heavy atom. The van der Waals surface area contributed by atoms with Crippen molar-refractivity contribution in [3.63, 3.8) is 0 Å². The first-order chi connectivity index (χ1) is 13.0. The van der Waals surface area contributed by atoms with Crippen molar-refractivity contribution in [1.29, 1.82) is 0 Å². The number of rotatable bonds is 2. The van der Waals surface area contributed by atoms with Crippen LogP contribution >= 0.6 is 0 Å². The van der Waals surface area contributed by atoms with Gasteiger partial charge in [-0.2, -0.15) is 0 Å². The van der Waals surface area contributed by atoms with Gasteiger partial charge >= 0.3 is 0 Å². The first-order valence-corrected chi connectivity index (χ1v) is 9.07. The van der Waals surface area contributed by atoms with Gasteiger partial charge in [0.1, 0.15) is 12.3 Å². The van der Waals surface area contributed by atoms with E-state index in [4.69, 9.17) is 4.74 Å². The molecule has 2 saturated heterocycles. The normalized spacial score (nSPS) is 25.3. The smallest absolute Gasteiger partial charge is 0.274 e. The Kier molecular flexibility index (Phi) is 4.39. The van der Waals surface area contributed by atoms with Crippen LogP contribution in [0.2, 0.25) is 0 Å². The number of morpholine rings is 1. The molecule has 7 heteroatoms. The van der Waals surface area contributed by atoms with Crippen molar-refractivity contribution < 1.29 is 14.3 Å². The zero-order chi connectivity index (χ0) is 19.0. The number of aromatic nitrogens is 2. The van der Waals surface area contributed by atoms with Gasteiger partial charge in [0.25, 0.3) is 11.8 Å². The van der Waals surface area contributed by atoms with Crippen LogP contribution in [0.3, 0.4) is 0 Å². The average molecular weight is 366 g/mol. The van der Waals surface area contributed by atoms with Crippen LogP contribution in [0.1, 0.15) is 29.5 Å². The highest BCUT2D eigenvalue weighted by Gasteiger charge is 2.50. The van der Waals surface area contributed by atoms with E-state index < -0.39 is 5.60 Å². The Balaban J connectivity index is 1.65. The van der Waals surface area contributed by atoms with E-state index in [9.17, 15) is 9.59 Å². The number of carbonyl (C=O) groups is 2. The molecule has 4 rings (SSSR count). The van der Waals surface area contributed by atoms with Crippen LogP contribution in [0.4, 0.5) is 5.69 Å². The molecule has 7 nitrogen and oxygen atoms in total. The molecule has 2 aliphatic heterocycles. The van der Waals surface area contributed by atoms with Crippen molar-refractivity contribution in [2.45, 2.75) is 31.9 Å². The molecule has 0 spiro atoms. The maximum absolute atomic E-state index is 13.0. The van der Waals surface area contributed by atoms with E-state index >= 15 is 0 Å². The Labute approximate surface area is 158 Å². The second kappa shape index (κ2) is 6.74. The summed E-state index contributed by atoms with van der Waals surface area (Å²) in [7, 11) is 0. The summed E-state index contributed by atoms with van der Waals surface area (Å²) >= 11 is 0. The summed E-state index contributed by atoms with van der Waals surface area (Å²) in [5, 5.41) is 0. The van der Waals surface area contributed by atoms with E-state index in [1.807, 2.05) is 37.3 Å². The SMILES string of the molecule is Cc1nccnc1C(=O)N1CC[C@@]2(C)OCC(=O)N(c3ccccc3)[C@@H]2C1. The van der Waals surface area contributed by atoms with Gasteiger partial charge in [-0.05, 0) is 32.4 Å². The van der Waals surface area contributed by atoms with Crippen LogP contribution in [0.15, 0.2) is 42.7 Å². The minimum atomic E-state index is -0.488.